The smallest absolute Gasteiger partial charge is 0.272 e. The molecule has 2 amide bonds. The zero-order valence-electron chi connectivity index (χ0n) is 16.4. The Morgan fingerprint density at radius 1 is 1.07 bits per heavy atom. The minimum absolute atomic E-state index is 0.0220. The third-order valence-electron chi connectivity index (χ3n) is 4.79. The number of nitrogens with zero attached hydrogens (tertiary/aromatic N) is 2. The molecule has 0 unspecified atom stereocenters. The summed E-state index contributed by atoms with van der Waals surface area (Å²) in [7, 11) is 0. The van der Waals surface area contributed by atoms with E-state index in [2.05, 4.69) is 10.5 Å². The minimum Gasteiger partial charge on any atom is -0.484 e. The largest absolute Gasteiger partial charge is 0.484 e. The average molecular weight is 414 g/mol. The molecule has 0 radical (unpaired) electrons. The first-order chi connectivity index (χ1) is 14.0. The molecule has 1 aliphatic rings. The van der Waals surface area contributed by atoms with Crippen LogP contribution in [0.1, 0.15) is 42.1 Å². The lowest BCUT2D eigenvalue weighted by Crippen LogP contribution is -2.38. The molecule has 0 saturated carbocycles. The summed E-state index contributed by atoms with van der Waals surface area (Å²) in [6.45, 7) is 3.47. The highest BCUT2D eigenvalue weighted by Crippen LogP contribution is 2.16. The van der Waals surface area contributed by atoms with Gasteiger partial charge in [0.15, 0.2) is 6.61 Å². The number of benzene rings is 2. The highest BCUT2D eigenvalue weighted by atomic mass is 35.5. The average Bonchev–Trinajstić information content (AvgIpc) is 2.77. The standard InChI is InChI=1S/C22H24ClN3O3/c1-16(24-25-22(28)19-7-3-4-8-20(19)23)17-9-11-18(12-10-17)29-15-21(27)26-13-5-2-6-14-26/h3-4,7-12H,2,5-6,13-15H2,1H3,(H,25,28)/b24-16-. The van der Waals surface area contributed by atoms with Crippen LogP contribution < -0.4 is 10.2 Å². The fourth-order valence-corrected chi connectivity index (χ4v) is 3.30. The summed E-state index contributed by atoms with van der Waals surface area (Å²) >= 11 is 6.02. The van der Waals surface area contributed by atoms with E-state index in [9.17, 15) is 9.59 Å². The third kappa shape index (κ3) is 5.81. The molecule has 0 aromatic heterocycles. The SMILES string of the molecule is C/C(=N/NC(=O)c1ccccc1Cl)c1ccc(OCC(=O)N2CCCCC2)cc1. The van der Waals surface area contributed by atoms with Gasteiger partial charge in [-0.15, -0.1) is 0 Å². The highest BCUT2D eigenvalue weighted by molar-refractivity contribution is 6.33. The number of ether oxygens (including phenoxy) is 1. The van der Waals surface area contributed by atoms with E-state index in [1.807, 2.05) is 17.0 Å². The zero-order chi connectivity index (χ0) is 20.6. The monoisotopic (exact) mass is 413 g/mol. The lowest BCUT2D eigenvalue weighted by atomic mass is 10.1. The number of carbonyl (C=O) groups is 2. The number of nitrogens with one attached hydrogen (secondary N) is 1. The van der Waals surface area contributed by atoms with Gasteiger partial charge in [0.1, 0.15) is 5.75 Å². The molecular weight excluding hydrogens is 390 g/mol. The quantitative estimate of drug-likeness (QED) is 0.577. The summed E-state index contributed by atoms with van der Waals surface area (Å²) in [5.74, 6) is 0.270. The molecule has 29 heavy (non-hydrogen) atoms. The van der Waals surface area contributed by atoms with E-state index < -0.39 is 0 Å². The van der Waals surface area contributed by atoms with Crippen molar-refractivity contribution in [3.63, 3.8) is 0 Å². The van der Waals surface area contributed by atoms with Crippen LogP contribution in [-0.4, -0.2) is 42.1 Å². The summed E-state index contributed by atoms with van der Waals surface area (Å²) in [5, 5.41) is 4.51. The van der Waals surface area contributed by atoms with E-state index >= 15 is 0 Å². The second-order valence-electron chi connectivity index (χ2n) is 6.87. The van der Waals surface area contributed by atoms with E-state index in [0.717, 1.165) is 31.5 Å². The number of hydrogen-bond donors (Lipinski definition) is 1. The van der Waals surface area contributed by atoms with Crippen molar-refractivity contribution >= 4 is 29.1 Å². The van der Waals surface area contributed by atoms with Gasteiger partial charge in [0.05, 0.1) is 16.3 Å². The zero-order valence-corrected chi connectivity index (χ0v) is 17.1. The molecule has 1 saturated heterocycles. The molecule has 152 valence electrons. The molecule has 0 bridgehead atoms. The van der Waals surface area contributed by atoms with Gasteiger partial charge in [-0.25, -0.2) is 5.43 Å². The van der Waals surface area contributed by atoms with Gasteiger partial charge in [-0.3, -0.25) is 9.59 Å². The number of hydrazone groups is 1. The number of piperidine rings is 1. The van der Waals surface area contributed by atoms with Crippen LogP contribution in [0.3, 0.4) is 0 Å². The van der Waals surface area contributed by atoms with Crippen molar-refractivity contribution in [2.45, 2.75) is 26.2 Å². The molecule has 7 heteroatoms. The topological polar surface area (TPSA) is 71.0 Å². The number of halogens is 1. The first-order valence-corrected chi connectivity index (χ1v) is 10.0. The minimum atomic E-state index is -0.369. The second-order valence-corrected chi connectivity index (χ2v) is 7.28. The van der Waals surface area contributed by atoms with Crippen LogP contribution in [0.2, 0.25) is 5.02 Å². The van der Waals surface area contributed by atoms with Crippen LogP contribution in [0.4, 0.5) is 0 Å². The van der Waals surface area contributed by atoms with Crippen molar-refractivity contribution in [2.75, 3.05) is 19.7 Å². The molecule has 3 rings (SSSR count). The molecule has 0 aliphatic carbocycles. The molecule has 1 N–H and O–H groups in total. The first-order valence-electron chi connectivity index (χ1n) is 9.65. The van der Waals surface area contributed by atoms with Gasteiger partial charge in [-0.2, -0.15) is 5.10 Å². The van der Waals surface area contributed by atoms with Gasteiger partial charge in [-0.05, 0) is 68.1 Å². The van der Waals surface area contributed by atoms with E-state index in [0.29, 0.717) is 22.0 Å². The van der Waals surface area contributed by atoms with Crippen LogP contribution in [0, 0.1) is 0 Å². The van der Waals surface area contributed by atoms with E-state index in [1.165, 1.54) is 6.42 Å². The predicted molar refractivity (Wildman–Crippen MR) is 113 cm³/mol. The summed E-state index contributed by atoms with van der Waals surface area (Å²) in [6.07, 6.45) is 3.31. The van der Waals surface area contributed by atoms with Crippen molar-refractivity contribution in [1.29, 1.82) is 0 Å². The molecular formula is C22H24ClN3O3. The number of carbonyl (C=O) groups excluding carboxylic acids is 2. The lowest BCUT2D eigenvalue weighted by Gasteiger charge is -2.26. The van der Waals surface area contributed by atoms with Gasteiger partial charge in [0.2, 0.25) is 0 Å². The van der Waals surface area contributed by atoms with Gasteiger partial charge in [0, 0.05) is 13.1 Å². The fraction of sp³-hybridized carbons (Fsp3) is 0.318. The molecule has 2 aromatic rings. The molecule has 6 nitrogen and oxygen atoms in total. The van der Waals surface area contributed by atoms with Crippen molar-refractivity contribution in [3.05, 3.63) is 64.7 Å². The molecule has 1 aliphatic heterocycles. The first kappa shape index (κ1) is 20.9. The van der Waals surface area contributed by atoms with Gasteiger partial charge >= 0.3 is 0 Å². The summed E-state index contributed by atoms with van der Waals surface area (Å²) < 4.78 is 5.61. The fourth-order valence-electron chi connectivity index (χ4n) is 3.08. The van der Waals surface area contributed by atoms with Gasteiger partial charge in [-0.1, -0.05) is 23.7 Å². The Kier molecular flexibility index (Phi) is 7.25. The number of likely N-dealkylation sites (tertiary alicyclic amines) is 1. The Balaban J connectivity index is 1.53. The van der Waals surface area contributed by atoms with Crippen LogP contribution in [0.25, 0.3) is 0 Å². The maximum absolute atomic E-state index is 12.2. The predicted octanol–water partition coefficient (Wildman–Crippen LogP) is 3.89. The summed E-state index contributed by atoms with van der Waals surface area (Å²) in [4.78, 5) is 26.2. The summed E-state index contributed by atoms with van der Waals surface area (Å²) in [6, 6.07) is 14.0. The number of rotatable bonds is 6. The maximum atomic E-state index is 12.2. The van der Waals surface area contributed by atoms with Crippen LogP contribution in [0.15, 0.2) is 53.6 Å². The Bertz CT molecular complexity index is 890. The Hall–Kier alpha value is -2.86. The van der Waals surface area contributed by atoms with Crippen molar-refractivity contribution < 1.29 is 14.3 Å². The van der Waals surface area contributed by atoms with Crippen molar-refractivity contribution in [3.8, 4) is 5.75 Å². The van der Waals surface area contributed by atoms with Crippen LogP contribution in [0.5, 0.6) is 5.75 Å². The third-order valence-corrected chi connectivity index (χ3v) is 5.12. The van der Waals surface area contributed by atoms with Crippen LogP contribution in [-0.2, 0) is 4.79 Å². The highest BCUT2D eigenvalue weighted by Gasteiger charge is 2.16. The number of hydrogen-bond acceptors (Lipinski definition) is 4. The van der Waals surface area contributed by atoms with E-state index in [-0.39, 0.29) is 18.4 Å². The van der Waals surface area contributed by atoms with Gasteiger partial charge in [0.25, 0.3) is 11.8 Å². The Morgan fingerprint density at radius 2 is 1.76 bits per heavy atom. The molecule has 0 atom stereocenters. The van der Waals surface area contributed by atoms with Crippen molar-refractivity contribution in [1.82, 2.24) is 10.3 Å². The van der Waals surface area contributed by atoms with E-state index in [4.69, 9.17) is 16.3 Å². The van der Waals surface area contributed by atoms with Gasteiger partial charge < -0.3 is 9.64 Å². The second kappa shape index (κ2) is 10.1. The van der Waals surface area contributed by atoms with Crippen molar-refractivity contribution in [2.24, 2.45) is 5.10 Å². The normalized spacial score (nSPS) is 14.4. The Morgan fingerprint density at radius 3 is 2.45 bits per heavy atom. The molecule has 1 heterocycles. The number of amides is 2. The lowest BCUT2D eigenvalue weighted by molar-refractivity contribution is -0.134. The molecule has 1 fully saturated rings. The van der Waals surface area contributed by atoms with E-state index in [1.54, 1.807) is 43.3 Å². The van der Waals surface area contributed by atoms with Crippen LogP contribution >= 0.6 is 11.6 Å². The Labute approximate surface area is 175 Å². The maximum Gasteiger partial charge on any atom is 0.272 e. The molecule has 0 spiro atoms. The summed E-state index contributed by atoms with van der Waals surface area (Å²) in [5.41, 5.74) is 4.35. The molecule has 2 aromatic carbocycles.